The van der Waals surface area contributed by atoms with Gasteiger partial charge in [-0.05, 0) is 35.9 Å². The average molecular weight is 399 g/mol. The number of alkyl halides is 3. The Hall–Kier alpha value is -3.30. The summed E-state index contributed by atoms with van der Waals surface area (Å²) in [7, 11) is 1.21. The van der Waals surface area contributed by atoms with Gasteiger partial charge in [0.25, 0.3) is 5.91 Å². The van der Waals surface area contributed by atoms with E-state index in [9.17, 15) is 31.1 Å². The van der Waals surface area contributed by atoms with Crippen LogP contribution in [0.3, 0.4) is 0 Å². The van der Waals surface area contributed by atoms with Gasteiger partial charge in [-0.3, -0.25) is 9.48 Å². The van der Waals surface area contributed by atoms with E-state index < -0.39 is 40.8 Å². The first-order chi connectivity index (χ1) is 13.1. The van der Waals surface area contributed by atoms with Gasteiger partial charge in [-0.25, -0.2) is 13.2 Å². The molecule has 0 aliphatic carbocycles. The largest absolute Gasteiger partial charge is 0.435 e. The number of aromatic nitrogens is 2. The number of nitrogens with one attached hydrogen (secondary N) is 1. The monoisotopic (exact) mass is 399 g/mol. The zero-order valence-corrected chi connectivity index (χ0v) is 14.1. The molecule has 0 spiro atoms. The molecule has 0 saturated heterocycles. The van der Waals surface area contributed by atoms with Gasteiger partial charge in [0.05, 0.1) is 11.3 Å². The van der Waals surface area contributed by atoms with Crippen molar-refractivity contribution >= 4 is 11.6 Å². The highest BCUT2D eigenvalue weighted by Gasteiger charge is 2.39. The predicted molar refractivity (Wildman–Crippen MR) is 87.9 cm³/mol. The highest BCUT2D eigenvalue weighted by molar-refractivity contribution is 6.07. The second kappa shape index (κ2) is 7.02. The van der Waals surface area contributed by atoms with Gasteiger partial charge < -0.3 is 5.32 Å². The molecule has 4 nitrogen and oxygen atoms in total. The summed E-state index contributed by atoms with van der Waals surface area (Å²) < 4.78 is 80.3. The van der Waals surface area contributed by atoms with Gasteiger partial charge in [0, 0.05) is 18.8 Å². The van der Waals surface area contributed by atoms with Crippen LogP contribution in [-0.4, -0.2) is 15.7 Å². The van der Waals surface area contributed by atoms with E-state index >= 15 is 0 Å². The predicted octanol–water partition coefficient (Wildman–Crippen LogP) is 4.78. The van der Waals surface area contributed by atoms with Crippen molar-refractivity contribution in [2.45, 2.75) is 6.18 Å². The van der Waals surface area contributed by atoms with Gasteiger partial charge in [-0.1, -0.05) is 6.07 Å². The first-order valence-electron chi connectivity index (χ1n) is 7.73. The Balaban J connectivity index is 2.02. The maximum absolute atomic E-state index is 13.6. The SMILES string of the molecule is Cn1cc(C(=O)Nc2cc(F)ccc2-c2ccc(F)c(F)c2)c(C(F)(F)F)n1. The summed E-state index contributed by atoms with van der Waals surface area (Å²) in [5.41, 5.74) is -2.20. The highest BCUT2D eigenvalue weighted by Crippen LogP contribution is 2.33. The van der Waals surface area contributed by atoms with E-state index in [-0.39, 0.29) is 16.8 Å². The summed E-state index contributed by atoms with van der Waals surface area (Å²) in [6.45, 7) is 0. The van der Waals surface area contributed by atoms with Crippen LogP contribution in [0.1, 0.15) is 16.1 Å². The molecule has 146 valence electrons. The average Bonchev–Trinajstić information content (AvgIpc) is 3.00. The van der Waals surface area contributed by atoms with Crippen LogP contribution in [-0.2, 0) is 13.2 Å². The fraction of sp³-hybridized carbons (Fsp3) is 0.111. The molecule has 0 radical (unpaired) electrons. The normalized spacial score (nSPS) is 11.5. The van der Waals surface area contributed by atoms with Gasteiger partial charge >= 0.3 is 6.18 Å². The number of rotatable bonds is 3. The minimum atomic E-state index is -4.88. The van der Waals surface area contributed by atoms with E-state index in [1.165, 1.54) is 19.2 Å². The summed E-state index contributed by atoms with van der Waals surface area (Å²) in [6.07, 6.45) is -4.01. The number of carbonyl (C=O) groups is 1. The molecule has 2 aromatic carbocycles. The number of nitrogens with zero attached hydrogens (tertiary/aromatic N) is 2. The molecular weight excluding hydrogens is 388 g/mol. The molecule has 0 bridgehead atoms. The number of hydrogen-bond donors (Lipinski definition) is 1. The van der Waals surface area contributed by atoms with Crippen molar-refractivity contribution in [3.05, 3.63) is 71.3 Å². The fourth-order valence-electron chi connectivity index (χ4n) is 2.59. The number of halogens is 6. The molecule has 1 N–H and O–H groups in total. The molecule has 1 amide bonds. The van der Waals surface area contributed by atoms with Crippen LogP contribution in [0.15, 0.2) is 42.6 Å². The number of aryl methyl sites for hydroxylation is 1. The molecule has 1 aromatic heterocycles. The van der Waals surface area contributed by atoms with Gasteiger partial charge in [0.1, 0.15) is 5.82 Å². The molecule has 0 fully saturated rings. The van der Waals surface area contributed by atoms with Crippen molar-refractivity contribution < 1.29 is 31.1 Å². The van der Waals surface area contributed by atoms with E-state index in [0.717, 1.165) is 35.1 Å². The molecule has 0 aliphatic heterocycles. The van der Waals surface area contributed by atoms with Crippen molar-refractivity contribution in [3.63, 3.8) is 0 Å². The van der Waals surface area contributed by atoms with E-state index in [1.54, 1.807) is 0 Å². The molecule has 10 heteroatoms. The molecule has 0 aliphatic rings. The van der Waals surface area contributed by atoms with Crippen LogP contribution in [0, 0.1) is 17.5 Å². The number of amides is 1. The van der Waals surface area contributed by atoms with Gasteiger partial charge in [0.2, 0.25) is 0 Å². The van der Waals surface area contributed by atoms with Crippen LogP contribution in [0.2, 0.25) is 0 Å². The Morgan fingerprint density at radius 1 is 1.04 bits per heavy atom. The first kappa shape index (κ1) is 19.5. The van der Waals surface area contributed by atoms with Crippen LogP contribution in [0.25, 0.3) is 11.1 Å². The maximum atomic E-state index is 13.6. The lowest BCUT2D eigenvalue weighted by molar-refractivity contribution is -0.141. The zero-order chi connectivity index (χ0) is 20.6. The lowest BCUT2D eigenvalue weighted by Crippen LogP contribution is -2.18. The van der Waals surface area contributed by atoms with Crippen molar-refractivity contribution in [2.75, 3.05) is 5.32 Å². The van der Waals surface area contributed by atoms with Crippen LogP contribution in [0.4, 0.5) is 32.0 Å². The molecule has 3 rings (SSSR count). The second-order valence-electron chi connectivity index (χ2n) is 5.84. The summed E-state index contributed by atoms with van der Waals surface area (Å²) in [5.74, 6) is -4.26. The summed E-state index contributed by atoms with van der Waals surface area (Å²) in [4.78, 5) is 12.4. The molecule has 28 heavy (non-hydrogen) atoms. The first-order valence-corrected chi connectivity index (χ1v) is 7.73. The molecule has 3 aromatic rings. The topological polar surface area (TPSA) is 46.9 Å². The third-order valence-corrected chi connectivity index (χ3v) is 3.80. The second-order valence-corrected chi connectivity index (χ2v) is 5.84. The Bertz CT molecular complexity index is 1060. The Morgan fingerprint density at radius 2 is 1.75 bits per heavy atom. The molecule has 1 heterocycles. The van der Waals surface area contributed by atoms with E-state index in [4.69, 9.17) is 0 Å². The minimum absolute atomic E-state index is 0.0890. The highest BCUT2D eigenvalue weighted by atomic mass is 19.4. The van der Waals surface area contributed by atoms with Crippen molar-refractivity contribution in [1.82, 2.24) is 9.78 Å². The van der Waals surface area contributed by atoms with Gasteiger partial charge in [-0.15, -0.1) is 0 Å². The maximum Gasteiger partial charge on any atom is 0.435 e. The number of benzene rings is 2. The summed E-state index contributed by atoms with van der Waals surface area (Å²) >= 11 is 0. The number of hydrogen-bond acceptors (Lipinski definition) is 2. The summed E-state index contributed by atoms with van der Waals surface area (Å²) in [5, 5.41) is 5.41. The number of anilines is 1. The van der Waals surface area contributed by atoms with Gasteiger partial charge in [-0.2, -0.15) is 18.3 Å². The van der Waals surface area contributed by atoms with Crippen LogP contribution >= 0.6 is 0 Å². The van der Waals surface area contributed by atoms with Crippen LogP contribution < -0.4 is 5.32 Å². The molecular formula is C18H11F6N3O. The minimum Gasteiger partial charge on any atom is -0.321 e. The standard InChI is InChI=1S/C18H11F6N3O/c1-27-8-12(16(26-27)18(22,23)24)17(28)25-15-7-10(19)3-4-11(15)9-2-5-13(20)14(21)6-9/h2-8H,1H3,(H,25,28). The molecule has 0 unspecified atom stereocenters. The summed E-state index contributed by atoms with van der Waals surface area (Å²) in [6, 6.07) is 5.90. The Labute approximate surface area is 154 Å². The smallest absolute Gasteiger partial charge is 0.321 e. The van der Waals surface area contributed by atoms with Crippen molar-refractivity contribution in [1.29, 1.82) is 0 Å². The van der Waals surface area contributed by atoms with Crippen LogP contribution in [0.5, 0.6) is 0 Å². The molecule has 0 saturated carbocycles. The van der Waals surface area contributed by atoms with Gasteiger partial charge in [0.15, 0.2) is 17.3 Å². The Kier molecular flexibility index (Phi) is 4.88. The molecule has 0 atom stereocenters. The van der Waals surface area contributed by atoms with Crippen molar-refractivity contribution in [3.8, 4) is 11.1 Å². The quantitative estimate of drug-likeness (QED) is 0.645. The Morgan fingerprint density at radius 3 is 2.39 bits per heavy atom. The van der Waals surface area contributed by atoms with E-state index in [2.05, 4.69) is 10.4 Å². The fourth-order valence-corrected chi connectivity index (χ4v) is 2.59. The van der Waals surface area contributed by atoms with Crippen molar-refractivity contribution in [2.24, 2.45) is 7.05 Å². The lowest BCUT2D eigenvalue weighted by Gasteiger charge is -2.12. The van der Waals surface area contributed by atoms with E-state index in [1.807, 2.05) is 0 Å². The lowest BCUT2D eigenvalue weighted by atomic mass is 10.0. The third kappa shape index (κ3) is 3.85. The third-order valence-electron chi connectivity index (χ3n) is 3.80. The van der Waals surface area contributed by atoms with E-state index in [0.29, 0.717) is 0 Å². The number of carbonyl (C=O) groups excluding carboxylic acids is 1. The zero-order valence-electron chi connectivity index (χ0n) is 14.1.